The molecule has 0 saturated carbocycles. The number of carbonyl (C=O) groups is 1. The molecule has 0 N–H and O–H groups in total. The smallest absolute Gasteiger partial charge is 0.330 e. The molecule has 5 heteroatoms. The molecule has 0 fully saturated rings. The highest BCUT2D eigenvalue weighted by Crippen LogP contribution is 2.25. The molecule has 0 radical (unpaired) electrons. The van der Waals surface area contributed by atoms with Crippen LogP contribution in [0.15, 0.2) is 73.5 Å². The van der Waals surface area contributed by atoms with Gasteiger partial charge in [-0.15, -0.1) is 0 Å². The minimum absolute atomic E-state index is 0.0663. The molecule has 2 rings (SSSR count). The quantitative estimate of drug-likeness (QED) is 0.131. The highest BCUT2D eigenvalue weighted by atomic mass is 19.1. The molecule has 2 aromatic rings. The zero-order chi connectivity index (χ0) is 22.8. The van der Waals surface area contributed by atoms with Crippen molar-refractivity contribution < 1.29 is 23.0 Å². The molecule has 0 aliphatic heterocycles. The maximum Gasteiger partial charge on any atom is 0.330 e. The van der Waals surface area contributed by atoms with Crippen molar-refractivity contribution in [3.8, 4) is 11.1 Å². The summed E-state index contributed by atoms with van der Waals surface area (Å²) in [5.74, 6) is -0.706. The van der Waals surface area contributed by atoms with Crippen LogP contribution in [-0.4, -0.2) is 19.2 Å². The Morgan fingerprint density at radius 1 is 0.903 bits per heavy atom. The summed E-state index contributed by atoms with van der Waals surface area (Å²) in [4.78, 5) is 11.1. The third kappa shape index (κ3) is 7.52. The van der Waals surface area contributed by atoms with Crippen LogP contribution in [0.25, 0.3) is 11.1 Å². The van der Waals surface area contributed by atoms with Crippen LogP contribution in [0.3, 0.4) is 0 Å². The lowest BCUT2D eigenvalue weighted by molar-refractivity contribution is -0.137. The Balaban J connectivity index is 1.92. The molecule has 0 unspecified atom stereocenters. The van der Waals surface area contributed by atoms with Crippen molar-refractivity contribution in [3.05, 3.63) is 96.3 Å². The van der Waals surface area contributed by atoms with Gasteiger partial charge in [0.1, 0.15) is 17.4 Å². The predicted octanol–water partition coefficient (Wildman–Crippen LogP) is 6.33. The molecule has 0 bridgehead atoms. The lowest BCUT2D eigenvalue weighted by Gasteiger charge is -2.10. The number of carbonyl (C=O) groups excluding carboxylic acids is 1. The number of hydrogen-bond acceptors (Lipinski definition) is 3. The van der Waals surface area contributed by atoms with Crippen molar-refractivity contribution in [1.82, 2.24) is 0 Å². The van der Waals surface area contributed by atoms with Crippen molar-refractivity contribution in [3.63, 3.8) is 0 Å². The molecule has 164 valence electrons. The number of hydrogen-bond donors (Lipinski definition) is 0. The van der Waals surface area contributed by atoms with E-state index in [1.807, 2.05) is 6.92 Å². The third-order valence-corrected chi connectivity index (χ3v) is 4.81. The standard InChI is InChI=1S/C26H28F2O3/c1-5-26(29)31-15-13-21-10-12-23(17-25(21)28)22-11-9-20(24(27)16-22)8-6-7-14-30-19(4)18(2)3/h5,9-12,16-17H,1-2,4,6-8,13-15H2,3H3. The van der Waals surface area contributed by atoms with Gasteiger partial charge in [0.05, 0.1) is 13.2 Å². The highest BCUT2D eigenvalue weighted by Gasteiger charge is 2.09. The van der Waals surface area contributed by atoms with Crippen LogP contribution < -0.4 is 0 Å². The topological polar surface area (TPSA) is 35.5 Å². The Morgan fingerprint density at radius 3 is 2.00 bits per heavy atom. The van der Waals surface area contributed by atoms with E-state index in [4.69, 9.17) is 9.47 Å². The summed E-state index contributed by atoms with van der Waals surface area (Å²) < 4.78 is 39.3. The average Bonchev–Trinajstić information content (AvgIpc) is 2.75. The Hall–Kier alpha value is -3.21. The number of allylic oxidation sites excluding steroid dienone is 1. The fraction of sp³-hybridized carbons (Fsp3) is 0.269. The van der Waals surface area contributed by atoms with Crippen LogP contribution in [0.4, 0.5) is 8.78 Å². The Morgan fingerprint density at radius 2 is 1.48 bits per heavy atom. The molecule has 0 aromatic heterocycles. The van der Waals surface area contributed by atoms with E-state index in [1.165, 1.54) is 12.1 Å². The molecular formula is C26H28F2O3. The Kier molecular flexibility index (Phi) is 9.19. The first kappa shape index (κ1) is 24.1. The Labute approximate surface area is 182 Å². The summed E-state index contributed by atoms with van der Waals surface area (Å²) in [5, 5.41) is 0. The summed E-state index contributed by atoms with van der Waals surface area (Å²) in [7, 11) is 0. The van der Waals surface area contributed by atoms with Crippen molar-refractivity contribution >= 4 is 5.97 Å². The molecule has 0 aliphatic carbocycles. The molecule has 2 aromatic carbocycles. The van der Waals surface area contributed by atoms with Crippen molar-refractivity contribution in [2.24, 2.45) is 0 Å². The van der Waals surface area contributed by atoms with E-state index >= 15 is 0 Å². The van der Waals surface area contributed by atoms with Crippen molar-refractivity contribution in [2.45, 2.75) is 32.6 Å². The monoisotopic (exact) mass is 426 g/mol. The molecule has 0 saturated heterocycles. The summed E-state index contributed by atoms with van der Waals surface area (Å²) in [6.07, 6.45) is 3.46. The average molecular weight is 427 g/mol. The largest absolute Gasteiger partial charge is 0.494 e. The van der Waals surface area contributed by atoms with Crippen LogP contribution in [0.5, 0.6) is 0 Å². The molecule has 0 amide bonds. The molecule has 0 atom stereocenters. The third-order valence-electron chi connectivity index (χ3n) is 4.81. The van der Waals surface area contributed by atoms with E-state index in [1.54, 1.807) is 24.3 Å². The van der Waals surface area contributed by atoms with Gasteiger partial charge in [0.15, 0.2) is 0 Å². The van der Waals surface area contributed by atoms with Gasteiger partial charge in [-0.3, -0.25) is 0 Å². The van der Waals surface area contributed by atoms with Gasteiger partial charge >= 0.3 is 5.97 Å². The zero-order valence-corrected chi connectivity index (χ0v) is 17.9. The van der Waals surface area contributed by atoms with E-state index in [0.29, 0.717) is 41.0 Å². The number of halogens is 2. The number of esters is 1. The first-order valence-corrected chi connectivity index (χ1v) is 10.2. The summed E-state index contributed by atoms with van der Waals surface area (Å²) >= 11 is 0. The van der Waals surface area contributed by atoms with Gasteiger partial charge in [0, 0.05) is 12.5 Å². The van der Waals surface area contributed by atoms with E-state index in [0.717, 1.165) is 24.5 Å². The number of rotatable bonds is 12. The minimum atomic E-state index is -0.544. The number of aryl methyl sites for hydroxylation is 1. The lowest BCUT2D eigenvalue weighted by atomic mass is 9.99. The summed E-state index contributed by atoms with van der Waals surface area (Å²) in [6, 6.07) is 9.67. The van der Waals surface area contributed by atoms with Gasteiger partial charge in [0.25, 0.3) is 0 Å². The molecule has 0 aliphatic rings. The lowest BCUT2D eigenvalue weighted by Crippen LogP contribution is -2.05. The predicted molar refractivity (Wildman–Crippen MR) is 119 cm³/mol. The van der Waals surface area contributed by atoms with Gasteiger partial charge in [-0.25, -0.2) is 13.6 Å². The molecule has 31 heavy (non-hydrogen) atoms. The molecule has 3 nitrogen and oxygen atoms in total. The van der Waals surface area contributed by atoms with Crippen molar-refractivity contribution in [1.29, 1.82) is 0 Å². The van der Waals surface area contributed by atoms with Crippen molar-refractivity contribution in [2.75, 3.05) is 13.2 Å². The van der Waals surface area contributed by atoms with Gasteiger partial charge < -0.3 is 9.47 Å². The Bertz CT molecular complexity index is 963. The maximum absolute atomic E-state index is 14.5. The van der Waals surface area contributed by atoms with Crippen LogP contribution >= 0.6 is 0 Å². The molecular weight excluding hydrogens is 398 g/mol. The number of ether oxygens (including phenoxy) is 2. The summed E-state index contributed by atoms with van der Waals surface area (Å²) in [6.45, 7) is 13.3. The van der Waals surface area contributed by atoms with E-state index in [2.05, 4.69) is 19.7 Å². The van der Waals surface area contributed by atoms with Gasteiger partial charge in [-0.2, -0.15) is 0 Å². The minimum Gasteiger partial charge on any atom is -0.494 e. The van der Waals surface area contributed by atoms with E-state index in [9.17, 15) is 13.6 Å². The SMILES string of the molecule is C=CC(=O)OCCc1ccc(-c2ccc(CCCCOC(=C)C(=C)C)c(F)c2)cc1F. The maximum atomic E-state index is 14.5. The second-order valence-corrected chi connectivity index (χ2v) is 7.24. The second kappa shape index (κ2) is 11.8. The fourth-order valence-corrected chi connectivity index (χ4v) is 2.92. The van der Waals surface area contributed by atoms with Crippen LogP contribution in [0.1, 0.15) is 30.9 Å². The van der Waals surface area contributed by atoms with Gasteiger partial charge in [-0.1, -0.05) is 44.0 Å². The van der Waals surface area contributed by atoms with E-state index < -0.39 is 11.8 Å². The number of unbranched alkanes of at least 4 members (excludes halogenated alkanes) is 1. The highest BCUT2D eigenvalue weighted by molar-refractivity contribution is 5.81. The molecule has 0 heterocycles. The van der Waals surface area contributed by atoms with E-state index in [-0.39, 0.29) is 18.8 Å². The van der Waals surface area contributed by atoms with Gasteiger partial charge in [-0.05, 0) is 66.1 Å². The summed E-state index contributed by atoms with van der Waals surface area (Å²) in [5.41, 5.74) is 3.02. The first-order chi connectivity index (χ1) is 14.8. The fourth-order valence-electron chi connectivity index (χ4n) is 2.92. The van der Waals surface area contributed by atoms with Crippen LogP contribution in [0.2, 0.25) is 0 Å². The zero-order valence-electron chi connectivity index (χ0n) is 17.9. The van der Waals surface area contributed by atoms with Crippen LogP contribution in [-0.2, 0) is 27.1 Å². The number of benzene rings is 2. The van der Waals surface area contributed by atoms with Crippen LogP contribution in [0, 0.1) is 11.6 Å². The van der Waals surface area contributed by atoms with Gasteiger partial charge in [0.2, 0.25) is 0 Å². The normalized spacial score (nSPS) is 10.4. The second-order valence-electron chi connectivity index (χ2n) is 7.24. The molecule has 0 spiro atoms. The first-order valence-electron chi connectivity index (χ1n) is 10.2.